The predicted molar refractivity (Wildman–Crippen MR) is 87.0 cm³/mol. The first-order chi connectivity index (χ1) is 9.63. The van der Waals surface area contributed by atoms with Gasteiger partial charge in [0.1, 0.15) is 0 Å². The minimum atomic E-state index is -0.400. The molecule has 20 heavy (non-hydrogen) atoms. The predicted octanol–water partition coefficient (Wildman–Crippen LogP) is 4.09. The average molecular weight is 277 g/mol. The van der Waals surface area contributed by atoms with E-state index in [2.05, 4.69) is 50.4 Å². The molecule has 0 aliphatic rings. The Hall–Kier alpha value is -0.860. The van der Waals surface area contributed by atoms with E-state index in [1.165, 1.54) is 31.2 Å². The normalized spacial score (nSPS) is 12.8. The van der Waals surface area contributed by atoms with Crippen molar-refractivity contribution in [3.8, 4) is 0 Å². The summed E-state index contributed by atoms with van der Waals surface area (Å²) < 4.78 is 0. The lowest BCUT2D eigenvalue weighted by Crippen LogP contribution is -2.25. The van der Waals surface area contributed by atoms with Crippen molar-refractivity contribution < 1.29 is 5.11 Å². The molecular weight excluding hydrogens is 246 g/mol. The summed E-state index contributed by atoms with van der Waals surface area (Å²) >= 11 is 0. The van der Waals surface area contributed by atoms with E-state index in [1.807, 2.05) is 0 Å². The molecule has 1 rings (SSSR count). The number of hydrogen-bond donors (Lipinski definition) is 2. The number of aliphatic hydroxyl groups is 1. The number of rotatable bonds is 10. The van der Waals surface area contributed by atoms with Crippen LogP contribution in [0.4, 0.5) is 0 Å². The summed E-state index contributed by atoms with van der Waals surface area (Å²) in [5.41, 5.74) is 2.39. The Morgan fingerprint density at radius 1 is 1.00 bits per heavy atom. The molecule has 0 heterocycles. The minimum Gasteiger partial charge on any atom is -0.387 e. The van der Waals surface area contributed by atoms with Crippen LogP contribution < -0.4 is 5.32 Å². The Labute approximate surface area is 124 Å². The van der Waals surface area contributed by atoms with Crippen LogP contribution in [-0.4, -0.2) is 18.2 Å². The zero-order valence-electron chi connectivity index (χ0n) is 13.4. The van der Waals surface area contributed by atoms with Gasteiger partial charge >= 0.3 is 0 Å². The van der Waals surface area contributed by atoms with Crippen LogP contribution in [-0.2, 0) is 6.42 Å². The first kappa shape index (κ1) is 17.2. The van der Waals surface area contributed by atoms with Gasteiger partial charge in [0.25, 0.3) is 0 Å². The van der Waals surface area contributed by atoms with Crippen LogP contribution in [0.3, 0.4) is 0 Å². The maximum absolute atomic E-state index is 10.1. The molecule has 0 aromatic heterocycles. The third kappa shape index (κ3) is 7.06. The summed E-state index contributed by atoms with van der Waals surface area (Å²) in [6.45, 7) is 8.17. The van der Waals surface area contributed by atoms with Gasteiger partial charge in [-0.05, 0) is 36.4 Å². The molecular formula is C18H31NO. The van der Waals surface area contributed by atoms with E-state index in [0.29, 0.717) is 12.5 Å². The first-order valence-corrected chi connectivity index (χ1v) is 8.11. The SMILES string of the molecule is CCCCCCc1ccc(C(O)CNCC(C)C)cc1. The topological polar surface area (TPSA) is 32.3 Å². The fourth-order valence-corrected chi connectivity index (χ4v) is 2.29. The number of benzene rings is 1. The second kappa shape index (κ2) is 9.95. The van der Waals surface area contributed by atoms with Crippen molar-refractivity contribution in [2.24, 2.45) is 5.92 Å². The molecule has 1 aromatic rings. The second-order valence-electron chi connectivity index (χ2n) is 6.12. The third-order valence-electron chi connectivity index (χ3n) is 3.57. The lowest BCUT2D eigenvalue weighted by atomic mass is 10.0. The smallest absolute Gasteiger partial charge is 0.0914 e. The van der Waals surface area contributed by atoms with Crippen molar-refractivity contribution in [1.29, 1.82) is 0 Å². The van der Waals surface area contributed by atoms with Gasteiger partial charge in [0.05, 0.1) is 6.10 Å². The summed E-state index contributed by atoms with van der Waals surface area (Å²) in [7, 11) is 0. The van der Waals surface area contributed by atoms with Gasteiger partial charge < -0.3 is 10.4 Å². The van der Waals surface area contributed by atoms with Crippen LogP contribution in [0.2, 0.25) is 0 Å². The van der Waals surface area contributed by atoms with Gasteiger partial charge in [-0.2, -0.15) is 0 Å². The molecule has 0 bridgehead atoms. The summed E-state index contributed by atoms with van der Waals surface area (Å²) in [6.07, 6.45) is 5.96. The molecule has 0 amide bonds. The van der Waals surface area contributed by atoms with Crippen molar-refractivity contribution in [1.82, 2.24) is 5.32 Å². The molecule has 1 aromatic carbocycles. The number of hydrogen-bond acceptors (Lipinski definition) is 2. The fourth-order valence-electron chi connectivity index (χ4n) is 2.29. The van der Waals surface area contributed by atoms with Crippen LogP contribution in [0.15, 0.2) is 24.3 Å². The lowest BCUT2D eigenvalue weighted by Gasteiger charge is -2.14. The Kier molecular flexibility index (Phi) is 8.56. The van der Waals surface area contributed by atoms with E-state index >= 15 is 0 Å². The van der Waals surface area contributed by atoms with Crippen molar-refractivity contribution in [3.05, 3.63) is 35.4 Å². The second-order valence-corrected chi connectivity index (χ2v) is 6.12. The highest BCUT2D eigenvalue weighted by molar-refractivity contribution is 5.24. The van der Waals surface area contributed by atoms with E-state index in [0.717, 1.165) is 18.5 Å². The Morgan fingerprint density at radius 2 is 1.70 bits per heavy atom. The van der Waals surface area contributed by atoms with Crippen LogP contribution >= 0.6 is 0 Å². The van der Waals surface area contributed by atoms with Gasteiger partial charge in [-0.25, -0.2) is 0 Å². The number of unbranched alkanes of at least 4 members (excludes halogenated alkanes) is 3. The van der Waals surface area contributed by atoms with Crippen LogP contribution in [0.5, 0.6) is 0 Å². The molecule has 2 nitrogen and oxygen atoms in total. The molecule has 2 N–H and O–H groups in total. The van der Waals surface area contributed by atoms with E-state index < -0.39 is 6.10 Å². The van der Waals surface area contributed by atoms with E-state index in [9.17, 15) is 5.11 Å². The first-order valence-electron chi connectivity index (χ1n) is 8.11. The third-order valence-corrected chi connectivity index (χ3v) is 3.57. The van der Waals surface area contributed by atoms with Gasteiger partial charge in [-0.3, -0.25) is 0 Å². The molecule has 1 unspecified atom stereocenters. The van der Waals surface area contributed by atoms with Crippen LogP contribution in [0.25, 0.3) is 0 Å². The quantitative estimate of drug-likeness (QED) is 0.631. The monoisotopic (exact) mass is 277 g/mol. The molecule has 0 saturated carbocycles. The van der Waals surface area contributed by atoms with Gasteiger partial charge in [-0.15, -0.1) is 0 Å². The average Bonchev–Trinajstić information content (AvgIpc) is 2.44. The highest BCUT2D eigenvalue weighted by Gasteiger charge is 2.07. The highest BCUT2D eigenvalue weighted by atomic mass is 16.3. The van der Waals surface area contributed by atoms with Gasteiger partial charge in [0.2, 0.25) is 0 Å². The van der Waals surface area contributed by atoms with E-state index in [1.54, 1.807) is 0 Å². The molecule has 114 valence electrons. The number of nitrogens with one attached hydrogen (secondary N) is 1. The molecule has 0 aliphatic heterocycles. The highest BCUT2D eigenvalue weighted by Crippen LogP contribution is 2.15. The number of aliphatic hydroxyl groups excluding tert-OH is 1. The van der Waals surface area contributed by atoms with Crippen LogP contribution in [0.1, 0.15) is 63.7 Å². The zero-order valence-corrected chi connectivity index (χ0v) is 13.4. The summed E-state index contributed by atoms with van der Waals surface area (Å²) in [5, 5.41) is 13.4. The van der Waals surface area contributed by atoms with Crippen molar-refractivity contribution in [2.45, 2.75) is 59.0 Å². The van der Waals surface area contributed by atoms with E-state index in [4.69, 9.17) is 0 Å². The van der Waals surface area contributed by atoms with Crippen molar-refractivity contribution >= 4 is 0 Å². The molecule has 1 atom stereocenters. The molecule has 0 saturated heterocycles. The Bertz CT molecular complexity index is 345. The number of aryl methyl sites for hydroxylation is 1. The zero-order chi connectivity index (χ0) is 14.8. The van der Waals surface area contributed by atoms with Crippen LogP contribution in [0, 0.1) is 5.92 Å². The Balaban J connectivity index is 2.33. The minimum absolute atomic E-state index is 0.400. The maximum atomic E-state index is 10.1. The van der Waals surface area contributed by atoms with Crippen molar-refractivity contribution in [3.63, 3.8) is 0 Å². The van der Waals surface area contributed by atoms with Gasteiger partial charge in [-0.1, -0.05) is 64.3 Å². The molecule has 0 fully saturated rings. The largest absolute Gasteiger partial charge is 0.387 e. The van der Waals surface area contributed by atoms with Gasteiger partial charge in [0, 0.05) is 6.54 Å². The molecule has 2 heteroatoms. The maximum Gasteiger partial charge on any atom is 0.0914 e. The fraction of sp³-hybridized carbons (Fsp3) is 0.667. The molecule has 0 aliphatic carbocycles. The van der Waals surface area contributed by atoms with Crippen molar-refractivity contribution in [2.75, 3.05) is 13.1 Å². The summed E-state index contributed by atoms with van der Waals surface area (Å²) in [5.74, 6) is 0.618. The lowest BCUT2D eigenvalue weighted by molar-refractivity contribution is 0.173. The standard InChI is InChI=1S/C18H31NO/c1-4-5-6-7-8-16-9-11-17(12-10-16)18(20)14-19-13-15(2)3/h9-12,15,18-20H,4-8,13-14H2,1-3H3. The summed E-state index contributed by atoms with van der Waals surface area (Å²) in [4.78, 5) is 0. The Morgan fingerprint density at radius 3 is 2.30 bits per heavy atom. The molecule has 0 spiro atoms. The van der Waals surface area contributed by atoms with Gasteiger partial charge in [0.15, 0.2) is 0 Å². The van der Waals surface area contributed by atoms with E-state index in [-0.39, 0.29) is 0 Å². The summed E-state index contributed by atoms with van der Waals surface area (Å²) in [6, 6.07) is 8.45. The molecule has 0 radical (unpaired) electrons.